The van der Waals surface area contributed by atoms with Gasteiger partial charge < -0.3 is 9.64 Å². The van der Waals surface area contributed by atoms with E-state index in [1.54, 1.807) is 0 Å². The molecule has 0 saturated carbocycles. The van der Waals surface area contributed by atoms with Crippen LogP contribution in [0.4, 0.5) is 4.79 Å². The predicted octanol–water partition coefficient (Wildman–Crippen LogP) is 3.56. The highest BCUT2D eigenvalue weighted by molar-refractivity contribution is 8.31. The minimum absolute atomic E-state index is 0.193. The van der Waals surface area contributed by atoms with E-state index in [0.29, 0.717) is 11.8 Å². The van der Waals surface area contributed by atoms with Crippen molar-refractivity contribution < 1.29 is 9.53 Å². The van der Waals surface area contributed by atoms with E-state index in [4.69, 9.17) is 4.74 Å². The van der Waals surface area contributed by atoms with Crippen molar-refractivity contribution in [1.29, 1.82) is 0 Å². The second kappa shape index (κ2) is 6.37. The molecule has 0 N–H and O–H groups in total. The molecule has 4 nitrogen and oxygen atoms in total. The summed E-state index contributed by atoms with van der Waals surface area (Å²) in [4.78, 5) is 13.9. The lowest BCUT2D eigenvalue weighted by Gasteiger charge is -2.36. The minimum atomic E-state index is -0.837. The Morgan fingerprint density at radius 1 is 1.35 bits per heavy atom. The molecule has 0 aromatic heterocycles. The van der Waals surface area contributed by atoms with Gasteiger partial charge in [0.25, 0.3) is 0 Å². The van der Waals surface area contributed by atoms with E-state index < -0.39 is 15.8 Å². The highest BCUT2D eigenvalue weighted by atomic mass is 32.3. The predicted molar refractivity (Wildman–Crippen MR) is 88.9 cm³/mol. The normalized spacial score (nSPS) is 25.9. The second-order valence-electron chi connectivity index (χ2n) is 7.38. The van der Waals surface area contributed by atoms with Gasteiger partial charge in [-0.25, -0.2) is 4.79 Å². The van der Waals surface area contributed by atoms with Gasteiger partial charge in [0.1, 0.15) is 5.60 Å². The molecular formula is C15H30N2O2S. The molecule has 0 radical (unpaired) electrons. The van der Waals surface area contributed by atoms with Gasteiger partial charge in [0.15, 0.2) is 0 Å². The average Bonchev–Trinajstić information content (AvgIpc) is 2.23. The molecule has 20 heavy (non-hydrogen) atoms. The van der Waals surface area contributed by atoms with Gasteiger partial charge in [-0.2, -0.15) is 10.2 Å². The first-order valence-electron chi connectivity index (χ1n) is 7.19. The van der Waals surface area contributed by atoms with Crippen LogP contribution in [0.3, 0.4) is 0 Å². The molecule has 1 heterocycles. The molecule has 1 fully saturated rings. The highest BCUT2D eigenvalue weighted by Gasteiger charge is 2.30. The van der Waals surface area contributed by atoms with Crippen LogP contribution in [0.15, 0.2) is 4.40 Å². The molecule has 1 aliphatic rings. The number of rotatable bonds is 2. The average molecular weight is 302 g/mol. The molecule has 1 amide bonds. The van der Waals surface area contributed by atoms with Crippen molar-refractivity contribution in [3.05, 3.63) is 0 Å². The van der Waals surface area contributed by atoms with Crippen LogP contribution in [0.5, 0.6) is 0 Å². The van der Waals surface area contributed by atoms with Crippen LogP contribution in [0.2, 0.25) is 0 Å². The first-order chi connectivity index (χ1) is 8.98. The Balaban J connectivity index is 2.55. The molecule has 1 aliphatic heterocycles. The number of likely N-dealkylation sites (tertiary alicyclic amines) is 1. The van der Waals surface area contributed by atoms with E-state index in [0.717, 1.165) is 19.5 Å². The lowest BCUT2D eigenvalue weighted by atomic mass is 9.88. The Bertz CT molecular complexity index is 369. The van der Waals surface area contributed by atoms with Crippen LogP contribution in [0.25, 0.3) is 0 Å². The van der Waals surface area contributed by atoms with E-state index in [9.17, 15) is 4.79 Å². The summed E-state index contributed by atoms with van der Waals surface area (Å²) < 4.78 is 10.1. The number of hydrogen-bond donors (Lipinski definition) is 0. The number of nitrogens with zero attached hydrogens (tertiary/aromatic N) is 2. The fraction of sp³-hybridized carbons (Fsp3) is 0.867. The molecular weight excluding hydrogens is 272 g/mol. The maximum atomic E-state index is 12.1. The van der Waals surface area contributed by atoms with Gasteiger partial charge in [-0.3, -0.25) is 4.40 Å². The fourth-order valence-corrected chi connectivity index (χ4v) is 2.66. The van der Waals surface area contributed by atoms with Gasteiger partial charge >= 0.3 is 6.09 Å². The molecule has 118 valence electrons. The van der Waals surface area contributed by atoms with Gasteiger partial charge in [0.2, 0.25) is 0 Å². The summed E-state index contributed by atoms with van der Waals surface area (Å²) in [5, 5.41) is 0. The lowest BCUT2D eigenvalue weighted by Crippen LogP contribution is -2.45. The van der Waals surface area contributed by atoms with Crippen molar-refractivity contribution >= 4 is 22.5 Å². The second-order valence-corrected chi connectivity index (χ2v) is 11.1. The standard InChI is InChI=1S/C15H30N2O2S/c1-12-11-17(14(18)19-15(2,3)4)9-8-13(12)10-16-20(5,6)7/h10,12-13H,8-9,11H2,1-7H3/t12-,13?/m1/s1. The summed E-state index contributed by atoms with van der Waals surface area (Å²) >= 11 is 0. The van der Waals surface area contributed by atoms with E-state index in [1.807, 2.05) is 25.7 Å². The molecule has 0 spiro atoms. The summed E-state index contributed by atoms with van der Waals surface area (Å²) in [7, 11) is -0.837. The lowest BCUT2D eigenvalue weighted by molar-refractivity contribution is 0.0152. The van der Waals surface area contributed by atoms with Crippen LogP contribution >= 0.6 is 10.2 Å². The zero-order valence-electron chi connectivity index (χ0n) is 14.0. The number of hydrogen-bond acceptors (Lipinski definition) is 3. The number of ether oxygens (including phenoxy) is 1. The van der Waals surface area contributed by atoms with Gasteiger partial charge in [-0.15, -0.1) is 0 Å². The van der Waals surface area contributed by atoms with E-state index in [-0.39, 0.29) is 6.09 Å². The zero-order chi connectivity index (χ0) is 15.6. The Morgan fingerprint density at radius 3 is 2.40 bits per heavy atom. The van der Waals surface area contributed by atoms with Crippen LogP contribution < -0.4 is 0 Å². The van der Waals surface area contributed by atoms with Crippen molar-refractivity contribution in [2.24, 2.45) is 16.2 Å². The first kappa shape index (κ1) is 17.3. The largest absolute Gasteiger partial charge is 0.444 e. The third-order valence-corrected chi connectivity index (χ3v) is 3.95. The van der Waals surface area contributed by atoms with E-state index in [1.165, 1.54) is 0 Å². The first-order valence-corrected chi connectivity index (χ1v) is 10.0. The summed E-state index contributed by atoms with van der Waals surface area (Å²) in [5.41, 5.74) is -0.422. The van der Waals surface area contributed by atoms with Gasteiger partial charge in [-0.05, 0) is 51.9 Å². The van der Waals surface area contributed by atoms with Crippen molar-refractivity contribution in [2.45, 2.75) is 39.7 Å². The smallest absolute Gasteiger partial charge is 0.410 e. The molecule has 0 aromatic rings. The number of piperidine rings is 1. The molecule has 1 rings (SSSR count). The SMILES string of the molecule is C[C@@H]1CN(C(=O)OC(C)(C)C)CCC1C=NS(C)(C)C. The van der Waals surface area contributed by atoms with Gasteiger partial charge in [-0.1, -0.05) is 6.92 Å². The summed E-state index contributed by atoms with van der Waals surface area (Å²) in [6.07, 6.45) is 9.45. The molecule has 1 saturated heterocycles. The monoisotopic (exact) mass is 302 g/mol. The third kappa shape index (κ3) is 6.16. The van der Waals surface area contributed by atoms with Crippen molar-refractivity contribution in [3.8, 4) is 0 Å². The van der Waals surface area contributed by atoms with Crippen LogP contribution in [-0.2, 0) is 4.74 Å². The summed E-state index contributed by atoms with van der Waals surface area (Å²) in [6, 6.07) is 0. The van der Waals surface area contributed by atoms with Crippen molar-refractivity contribution in [2.75, 3.05) is 31.9 Å². The maximum absolute atomic E-state index is 12.1. The molecule has 0 aliphatic carbocycles. The van der Waals surface area contributed by atoms with Gasteiger partial charge in [0.05, 0.1) is 0 Å². The van der Waals surface area contributed by atoms with Crippen LogP contribution in [0, 0.1) is 11.8 Å². The molecule has 1 unspecified atom stereocenters. The maximum Gasteiger partial charge on any atom is 0.410 e. The molecule has 2 atom stereocenters. The zero-order valence-corrected chi connectivity index (χ0v) is 14.8. The fourth-order valence-electron chi connectivity index (χ4n) is 2.14. The molecule has 5 heteroatoms. The topological polar surface area (TPSA) is 41.9 Å². The molecule has 0 aromatic carbocycles. The van der Waals surface area contributed by atoms with Crippen LogP contribution in [-0.4, -0.2) is 54.7 Å². The van der Waals surface area contributed by atoms with Crippen molar-refractivity contribution in [3.63, 3.8) is 0 Å². The number of amides is 1. The van der Waals surface area contributed by atoms with E-state index >= 15 is 0 Å². The highest BCUT2D eigenvalue weighted by Crippen LogP contribution is 2.36. The Kier molecular flexibility index (Phi) is 5.53. The van der Waals surface area contributed by atoms with E-state index in [2.05, 4.69) is 36.3 Å². The number of carbonyl (C=O) groups excluding carboxylic acids is 1. The van der Waals surface area contributed by atoms with Crippen LogP contribution in [0.1, 0.15) is 34.1 Å². The third-order valence-electron chi connectivity index (χ3n) is 3.19. The number of carbonyl (C=O) groups is 1. The van der Waals surface area contributed by atoms with Gasteiger partial charge in [0, 0.05) is 25.2 Å². The Hall–Kier alpha value is -0.710. The van der Waals surface area contributed by atoms with Crippen molar-refractivity contribution in [1.82, 2.24) is 4.90 Å². The Labute approximate surface area is 125 Å². The Morgan fingerprint density at radius 2 is 1.95 bits per heavy atom. The quantitative estimate of drug-likeness (QED) is 0.732. The minimum Gasteiger partial charge on any atom is -0.444 e. The summed E-state index contributed by atoms with van der Waals surface area (Å²) in [5.74, 6) is 0.905. The summed E-state index contributed by atoms with van der Waals surface area (Å²) in [6.45, 7) is 9.41. The molecule has 0 bridgehead atoms.